The molecule has 0 fully saturated rings. The number of hydrogen-bond acceptors (Lipinski definition) is 4. The van der Waals surface area contributed by atoms with E-state index < -0.39 is 6.10 Å². The zero-order chi connectivity index (χ0) is 14.6. The van der Waals surface area contributed by atoms with Gasteiger partial charge in [0.25, 0.3) is 0 Å². The molecule has 0 radical (unpaired) electrons. The number of thioether (sulfide) groups is 1. The summed E-state index contributed by atoms with van der Waals surface area (Å²) in [4.78, 5) is 0. The van der Waals surface area contributed by atoms with Crippen LogP contribution in [0.4, 0.5) is 4.39 Å². The van der Waals surface area contributed by atoms with Crippen molar-refractivity contribution in [3.63, 3.8) is 0 Å². The molecule has 0 aromatic heterocycles. The van der Waals surface area contributed by atoms with Crippen molar-refractivity contribution in [2.45, 2.75) is 25.6 Å². The Bertz CT molecular complexity index is 365. The smallest absolute Gasteiger partial charge is 0.128 e. The molecular formula is C15H24FNO2S. The second kappa shape index (κ2) is 11.1. The number of aliphatic hydroxyl groups is 1. The lowest BCUT2D eigenvalue weighted by molar-refractivity contribution is 0.0279. The number of benzene rings is 1. The summed E-state index contributed by atoms with van der Waals surface area (Å²) in [6.07, 6.45) is 3.85. The van der Waals surface area contributed by atoms with Crippen molar-refractivity contribution >= 4 is 11.8 Å². The average Bonchev–Trinajstić information content (AvgIpc) is 2.45. The van der Waals surface area contributed by atoms with Crippen LogP contribution in [0.5, 0.6) is 0 Å². The van der Waals surface area contributed by atoms with Crippen LogP contribution in [0.25, 0.3) is 0 Å². The maximum Gasteiger partial charge on any atom is 0.128 e. The summed E-state index contributed by atoms with van der Waals surface area (Å²) in [5, 5.41) is 12.9. The minimum absolute atomic E-state index is 0.192. The molecule has 1 aromatic carbocycles. The van der Waals surface area contributed by atoms with Crippen LogP contribution in [0.3, 0.4) is 0 Å². The molecule has 1 unspecified atom stereocenters. The standard InChI is InChI=1S/C15H24FNO2S/c1-20-9-5-4-8-17-10-14(18)12-19-11-13-6-2-3-7-15(13)16/h2-3,6-7,14,17-18H,4-5,8-12H2,1H3. The maximum atomic E-state index is 13.3. The van der Waals surface area contributed by atoms with E-state index >= 15 is 0 Å². The van der Waals surface area contributed by atoms with Crippen molar-refractivity contribution in [3.8, 4) is 0 Å². The zero-order valence-corrected chi connectivity index (χ0v) is 12.8. The molecule has 0 aliphatic heterocycles. The van der Waals surface area contributed by atoms with E-state index in [4.69, 9.17) is 4.74 Å². The Labute approximate surface area is 124 Å². The Morgan fingerprint density at radius 3 is 2.90 bits per heavy atom. The minimum Gasteiger partial charge on any atom is -0.389 e. The highest BCUT2D eigenvalue weighted by molar-refractivity contribution is 7.98. The molecule has 114 valence electrons. The Morgan fingerprint density at radius 2 is 2.15 bits per heavy atom. The maximum absolute atomic E-state index is 13.3. The third kappa shape index (κ3) is 7.85. The number of rotatable bonds is 11. The number of nitrogens with one attached hydrogen (secondary N) is 1. The fourth-order valence-electron chi connectivity index (χ4n) is 1.74. The molecule has 0 amide bonds. The van der Waals surface area contributed by atoms with E-state index in [9.17, 15) is 9.50 Å². The van der Waals surface area contributed by atoms with Gasteiger partial charge in [0.1, 0.15) is 5.82 Å². The van der Waals surface area contributed by atoms with Crippen LogP contribution >= 0.6 is 11.8 Å². The number of halogens is 1. The Balaban J connectivity index is 2.03. The van der Waals surface area contributed by atoms with E-state index in [1.54, 1.807) is 18.2 Å². The first-order valence-electron chi connectivity index (χ1n) is 6.93. The first kappa shape index (κ1) is 17.4. The first-order chi connectivity index (χ1) is 9.74. The van der Waals surface area contributed by atoms with Crippen LogP contribution in [0.15, 0.2) is 24.3 Å². The Kier molecular flexibility index (Phi) is 9.66. The fraction of sp³-hybridized carbons (Fsp3) is 0.600. The van der Waals surface area contributed by atoms with Gasteiger partial charge in [0.05, 0.1) is 19.3 Å². The van der Waals surface area contributed by atoms with E-state index in [2.05, 4.69) is 11.6 Å². The van der Waals surface area contributed by atoms with Gasteiger partial charge in [-0.2, -0.15) is 11.8 Å². The predicted octanol–water partition coefficient (Wildman–Crippen LogP) is 2.44. The van der Waals surface area contributed by atoms with E-state index in [0.29, 0.717) is 12.1 Å². The molecule has 0 aliphatic carbocycles. The van der Waals surface area contributed by atoms with Crippen LogP contribution in [-0.4, -0.2) is 42.9 Å². The molecule has 3 nitrogen and oxygen atoms in total. The van der Waals surface area contributed by atoms with Crippen molar-refractivity contribution in [3.05, 3.63) is 35.6 Å². The molecule has 20 heavy (non-hydrogen) atoms. The molecule has 0 bridgehead atoms. The van der Waals surface area contributed by atoms with Crippen LogP contribution in [-0.2, 0) is 11.3 Å². The van der Waals surface area contributed by atoms with Crippen molar-refractivity contribution < 1.29 is 14.2 Å². The van der Waals surface area contributed by atoms with E-state index in [-0.39, 0.29) is 19.0 Å². The summed E-state index contributed by atoms with van der Waals surface area (Å²) in [6, 6.07) is 6.51. The van der Waals surface area contributed by atoms with Gasteiger partial charge in [-0.15, -0.1) is 0 Å². The average molecular weight is 301 g/mol. The van der Waals surface area contributed by atoms with Crippen LogP contribution in [0, 0.1) is 5.82 Å². The highest BCUT2D eigenvalue weighted by Crippen LogP contribution is 2.07. The van der Waals surface area contributed by atoms with Gasteiger partial charge in [0.15, 0.2) is 0 Å². The molecule has 0 saturated heterocycles. The molecule has 5 heteroatoms. The van der Waals surface area contributed by atoms with Gasteiger partial charge in [-0.1, -0.05) is 18.2 Å². The molecule has 1 rings (SSSR count). The molecule has 0 aliphatic rings. The van der Waals surface area contributed by atoms with Crippen molar-refractivity contribution in [1.82, 2.24) is 5.32 Å². The number of ether oxygens (including phenoxy) is 1. The topological polar surface area (TPSA) is 41.5 Å². The third-order valence-electron chi connectivity index (χ3n) is 2.86. The van der Waals surface area contributed by atoms with Crippen molar-refractivity contribution in [1.29, 1.82) is 0 Å². The summed E-state index contributed by atoms with van der Waals surface area (Å²) in [5.41, 5.74) is 0.518. The molecule has 0 heterocycles. The molecule has 0 saturated carbocycles. The van der Waals surface area contributed by atoms with Gasteiger partial charge >= 0.3 is 0 Å². The van der Waals surface area contributed by atoms with Crippen LogP contribution in [0.2, 0.25) is 0 Å². The first-order valence-corrected chi connectivity index (χ1v) is 8.32. The van der Waals surface area contributed by atoms with Gasteiger partial charge in [-0.25, -0.2) is 4.39 Å². The lowest BCUT2D eigenvalue weighted by atomic mass is 10.2. The highest BCUT2D eigenvalue weighted by atomic mass is 32.2. The second-order valence-corrected chi connectivity index (χ2v) is 5.65. The molecule has 1 aromatic rings. The lowest BCUT2D eigenvalue weighted by Gasteiger charge is -2.12. The third-order valence-corrected chi connectivity index (χ3v) is 3.55. The van der Waals surface area contributed by atoms with Crippen molar-refractivity contribution in [2.75, 3.05) is 31.7 Å². The quantitative estimate of drug-likeness (QED) is 0.616. The van der Waals surface area contributed by atoms with Gasteiger partial charge in [0.2, 0.25) is 0 Å². The minimum atomic E-state index is -0.553. The molecule has 0 spiro atoms. The van der Waals surface area contributed by atoms with Gasteiger partial charge in [-0.3, -0.25) is 0 Å². The van der Waals surface area contributed by atoms with Gasteiger partial charge in [-0.05, 0) is 37.5 Å². The number of hydrogen-bond donors (Lipinski definition) is 2. The summed E-state index contributed by atoms with van der Waals surface area (Å²) in [5.74, 6) is 0.907. The van der Waals surface area contributed by atoms with Gasteiger partial charge in [0, 0.05) is 12.1 Å². The Hall–Kier alpha value is -0.620. The predicted molar refractivity (Wildman–Crippen MR) is 82.5 cm³/mol. The Morgan fingerprint density at radius 1 is 1.35 bits per heavy atom. The summed E-state index contributed by atoms with van der Waals surface area (Å²) < 4.78 is 18.6. The van der Waals surface area contributed by atoms with Crippen molar-refractivity contribution in [2.24, 2.45) is 0 Å². The van der Waals surface area contributed by atoms with Crippen LogP contribution in [0.1, 0.15) is 18.4 Å². The van der Waals surface area contributed by atoms with Crippen LogP contribution < -0.4 is 5.32 Å². The summed E-state index contributed by atoms with van der Waals surface area (Å²) in [6.45, 7) is 1.82. The summed E-state index contributed by atoms with van der Waals surface area (Å²) in [7, 11) is 0. The SMILES string of the molecule is CSCCCCNCC(O)COCc1ccccc1F. The molecular weight excluding hydrogens is 277 g/mol. The highest BCUT2D eigenvalue weighted by Gasteiger charge is 2.05. The second-order valence-electron chi connectivity index (χ2n) is 4.66. The number of aliphatic hydroxyl groups excluding tert-OH is 1. The monoisotopic (exact) mass is 301 g/mol. The zero-order valence-electron chi connectivity index (χ0n) is 12.0. The van der Waals surface area contributed by atoms with E-state index in [1.807, 2.05) is 11.8 Å². The normalized spacial score (nSPS) is 12.6. The summed E-state index contributed by atoms with van der Waals surface area (Å²) >= 11 is 1.85. The molecule has 1 atom stereocenters. The molecule has 2 N–H and O–H groups in total. The number of unbranched alkanes of at least 4 members (excludes halogenated alkanes) is 1. The van der Waals surface area contributed by atoms with Gasteiger partial charge < -0.3 is 15.2 Å². The fourth-order valence-corrected chi connectivity index (χ4v) is 2.24. The van der Waals surface area contributed by atoms with E-state index in [1.165, 1.54) is 18.2 Å². The lowest BCUT2D eigenvalue weighted by Crippen LogP contribution is -2.31. The van der Waals surface area contributed by atoms with E-state index in [0.717, 1.165) is 13.0 Å². The largest absolute Gasteiger partial charge is 0.389 e.